The third-order valence-corrected chi connectivity index (χ3v) is 1.72. The quantitative estimate of drug-likeness (QED) is 0.240. The topological polar surface area (TPSA) is 114 Å². The Balaban J connectivity index is 2.68. The van der Waals surface area contributed by atoms with Crippen molar-refractivity contribution < 1.29 is 9.90 Å². The minimum Gasteiger partial charge on any atom is -0.481 e. The van der Waals surface area contributed by atoms with Gasteiger partial charge in [-0.15, -0.1) is 5.10 Å². The first-order chi connectivity index (χ1) is 7.11. The molecule has 0 bridgehead atoms. The van der Waals surface area contributed by atoms with Crippen LogP contribution in [0.25, 0.3) is 0 Å². The molecule has 6 N–H and O–H groups in total. The van der Waals surface area contributed by atoms with Gasteiger partial charge in [0, 0.05) is 5.69 Å². The van der Waals surface area contributed by atoms with E-state index in [4.69, 9.17) is 16.7 Å². The van der Waals surface area contributed by atoms with Crippen molar-refractivity contribution in [2.45, 2.75) is 6.42 Å². The van der Waals surface area contributed by atoms with Crippen molar-refractivity contribution >= 4 is 17.6 Å². The lowest BCUT2D eigenvalue weighted by atomic mass is 10.1. The number of rotatable bonds is 3. The highest BCUT2D eigenvalue weighted by Gasteiger charge is 2.00. The molecule has 6 nitrogen and oxygen atoms in total. The number of carboxylic acids is 1. The standard InChI is InChI=1S/C9H12N4O2/c10-9(13-11)12-7-3-1-6(2-4-7)5-8(14)15/h1-4H,5,11H2,(H,14,15)(H3,10,12,13). The zero-order chi connectivity index (χ0) is 11.3. The van der Waals surface area contributed by atoms with Crippen LogP contribution in [0.1, 0.15) is 5.56 Å². The first kappa shape index (κ1) is 10.8. The van der Waals surface area contributed by atoms with E-state index in [2.05, 4.69) is 10.4 Å². The van der Waals surface area contributed by atoms with Gasteiger partial charge in [-0.2, -0.15) is 0 Å². The molecule has 0 amide bonds. The summed E-state index contributed by atoms with van der Waals surface area (Å²) < 4.78 is 0. The van der Waals surface area contributed by atoms with Gasteiger partial charge in [0.25, 0.3) is 0 Å². The number of aliphatic carboxylic acids is 1. The molecule has 0 radical (unpaired) electrons. The number of hydrazone groups is 1. The van der Waals surface area contributed by atoms with E-state index >= 15 is 0 Å². The van der Waals surface area contributed by atoms with Crippen molar-refractivity contribution in [3.8, 4) is 0 Å². The first-order valence-electron chi connectivity index (χ1n) is 4.23. The summed E-state index contributed by atoms with van der Waals surface area (Å²) in [5.74, 6) is 4.17. The van der Waals surface area contributed by atoms with Gasteiger partial charge in [-0.3, -0.25) is 4.79 Å². The Hall–Kier alpha value is -2.24. The average Bonchev–Trinajstić information content (AvgIpc) is 2.20. The lowest BCUT2D eigenvalue weighted by Gasteiger charge is -2.04. The van der Waals surface area contributed by atoms with Crippen LogP contribution < -0.4 is 16.9 Å². The zero-order valence-corrected chi connectivity index (χ0v) is 7.97. The minimum absolute atomic E-state index is 0.000734. The zero-order valence-electron chi connectivity index (χ0n) is 7.97. The number of carboxylic acid groups (broad SMARTS) is 1. The van der Waals surface area contributed by atoms with Crippen molar-refractivity contribution in [2.24, 2.45) is 16.7 Å². The molecule has 0 fully saturated rings. The molecule has 1 aromatic carbocycles. The van der Waals surface area contributed by atoms with E-state index in [9.17, 15) is 4.79 Å². The summed E-state index contributed by atoms with van der Waals surface area (Å²) in [5.41, 5.74) is 6.77. The van der Waals surface area contributed by atoms with Gasteiger partial charge in [0.05, 0.1) is 6.42 Å². The van der Waals surface area contributed by atoms with Crippen molar-refractivity contribution in [3.63, 3.8) is 0 Å². The third kappa shape index (κ3) is 3.55. The van der Waals surface area contributed by atoms with Crippen LogP contribution in [0.2, 0.25) is 0 Å². The third-order valence-electron chi connectivity index (χ3n) is 1.72. The van der Waals surface area contributed by atoms with Crippen molar-refractivity contribution in [1.29, 1.82) is 0 Å². The highest BCUT2D eigenvalue weighted by Crippen LogP contribution is 2.09. The van der Waals surface area contributed by atoms with Gasteiger partial charge in [-0.25, -0.2) is 0 Å². The molecule has 0 aromatic heterocycles. The molecular weight excluding hydrogens is 196 g/mol. The first-order valence-corrected chi connectivity index (χ1v) is 4.23. The van der Waals surface area contributed by atoms with E-state index in [1.54, 1.807) is 24.3 Å². The average molecular weight is 208 g/mol. The van der Waals surface area contributed by atoms with Crippen molar-refractivity contribution in [3.05, 3.63) is 29.8 Å². The molecule has 0 aliphatic heterocycles. The Kier molecular flexibility index (Phi) is 3.50. The Bertz CT molecular complexity index is 372. The Morgan fingerprint density at radius 2 is 2.00 bits per heavy atom. The summed E-state index contributed by atoms with van der Waals surface area (Å²) in [4.78, 5) is 10.4. The van der Waals surface area contributed by atoms with Gasteiger partial charge in [-0.05, 0) is 17.7 Å². The highest BCUT2D eigenvalue weighted by molar-refractivity contribution is 5.92. The molecule has 6 heteroatoms. The SMILES string of the molecule is NN=C(N)Nc1ccc(CC(=O)O)cc1. The van der Waals surface area contributed by atoms with Gasteiger partial charge in [0.2, 0.25) is 5.96 Å². The summed E-state index contributed by atoms with van der Waals surface area (Å²) in [6.45, 7) is 0. The molecule has 0 spiro atoms. The molecular formula is C9H12N4O2. The monoisotopic (exact) mass is 208 g/mol. The van der Waals surface area contributed by atoms with E-state index in [1.165, 1.54) is 0 Å². The second-order valence-corrected chi connectivity index (χ2v) is 2.91. The van der Waals surface area contributed by atoms with Crippen LogP contribution in [0, 0.1) is 0 Å². The van der Waals surface area contributed by atoms with E-state index < -0.39 is 5.97 Å². The summed E-state index contributed by atoms with van der Waals surface area (Å²) in [6.07, 6.45) is 0.000734. The van der Waals surface area contributed by atoms with E-state index in [-0.39, 0.29) is 12.4 Å². The normalized spacial score (nSPS) is 11.1. The summed E-state index contributed by atoms with van der Waals surface area (Å²) >= 11 is 0. The fourth-order valence-corrected chi connectivity index (χ4v) is 1.06. The maximum absolute atomic E-state index is 10.4. The largest absolute Gasteiger partial charge is 0.481 e. The van der Waals surface area contributed by atoms with Gasteiger partial charge < -0.3 is 22.0 Å². The molecule has 1 aromatic rings. The lowest BCUT2D eigenvalue weighted by Crippen LogP contribution is -2.23. The van der Waals surface area contributed by atoms with Crippen molar-refractivity contribution in [1.82, 2.24) is 0 Å². The van der Waals surface area contributed by atoms with Gasteiger partial charge in [-0.1, -0.05) is 12.1 Å². The summed E-state index contributed by atoms with van der Waals surface area (Å²) in [7, 11) is 0. The molecule has 0 atom stereocenters. The fourth-order valence-electron chi connectivity index (χ4n) is 1.06. The molecule has 0 aliphatic carbocycles. The van der Waals surface area contributed by atoms with Gasteiger partial charge in [0.1, 0.15) is 0 Å². The number of hydrogen-bond acceptors (Lipinski definition) is 3. The number of benzene rings is 1. The van der Waals surface area contributed by atoms with Crippen LogP contribution in [-0.2, 0) is 11.2 Å². The van der Waals surface area contributed by atoms with Crippen molar-refractivity contribution in [2.75, 3.05) is 5.32 Å². The maximum atomic E-state index is 10.4. The van der Waals surface area contributed by atoms with Crippen LogP contribution in [0.3, 0.4) is 0 Å². The molecule has 0 unspecified atom stereocenters. The minimum atomic E-state index is -0.862. The van der Waals surface area contributed by atoms with Crippen LogP contribution in [0.5, 0.6) is 0 Å². The smallest absolute Gasteiger partial charge is 0.307 e. The predicted molar refractivity (Wildman–Crippen MR) is 57.2 cm³/mol. The van der Waals surface area contributed by atoms with Crippen LogP contribution >= 0.6 is 0 Å². The number of hydrogen-bond donors (Lipinski definition) is 4. The number of guanidine groups is 1. The van der Waals surface area contributed by atoms with Crippen LogP contribution in [0.15, 0.2) is 29.4 Å². The molecule has 0 saturated heterocycles. The highest BCUT2D eigenvalue weighted by atomic mass is 16.4. The number of nitrogens with one attached hydrogen (secondary N) is 1. The van der Waals surface area contributed by atoms with E-state index in [0.29, 0.717) is 5.69 Å². The molecule has 80 valence electrons. The van der Waals surface area contributed by atoms with Gasteiger partial charge >= 0.3 is 5.97 Å². The van der Waals surface area contributed by atoms with Crippen LogP contribution in [0.4, 0.5) is 5.69 Å². The summed E-state index contributed by atoms with van der Waals surface area (Å²) in [6, 6.07) is 6.80. The number of nitrogens with two attached hydrogens (primary N) is 2. The number of nitrogens with zero attached hydrogens (tertiary/aromatic N) is 1. The van der Waals surface area contributed by atoms with E-state index in [1.807, 2.05) is 0 Å². The molecule has 0 saturated carbocycles. The number of carbonyl (C=O) groups is 1. The maximum Gasteiger partial charge on any atom is 0.307 e. The Morgan fingerprint density at radius 1 is 1.40 bits per heavy atom. The Morgan fingerprint density at radius 3 is 2.47 bits per heavy atom. The van der Waals surface area contributed by atoms with E-state index in [0.717, 1.165) is 5.56 Å². The second kappa shape index (κ2) is 4.85. The number of anilines is 1. The van der Waals surface area contributed by atoms with Gasteiger partial charge in [0.15, 0.2) is 0 Å². The summed E-state index contributed by atoms with van der Waals surface area (Å²) in [5, 5.41) is 14.5. The fraction of sp³-hybridized carbons (Fsp3) is 0.111. The molecule has 0 heterocycles. The predicted octanol–water partition coefficient (Wildman–Crippen LogP) is -0.0860. The molecule has 15 heavy (non-hydrogen) atoms. The second-order valence-electron chi connectivity index (χ2n) is 2.91. The Labute approximate surface area is 86.6 Å². The van der Waals surface area contributed by atoms with Crippen LogP contribution in [-0.4, -0.2) is 17.0 Å². The lowest BCUT2D eigenvalue weighted by molar-refractivity contribution is -0.136. The molecule has 1 rings (SSSR count). The molecule has 0 aliphatic rings.